The van der Waals surface area contributed by atoms with Gasteiger partial charge in [-0.25, -0.2) is 9.18 Å². The number of fused-ring (bicyclic) bond motifs is 1. The van der Waals surface area contributed by atoms with Gasteiger partial charge in [-0.15, -0.1) is 0 Å². The van der Waals surface area contributed by atoms with Gasteiger partial charge in [-0.2, -0.15) is 0 Å². The van der Waals surface area contributed by atoms with Crippen LogP contribution in [0.2, 0.25) is 5.02 Å². The fraction of sp³-hybridized carbons (Fsp3) is 0.133. The van der Waals surface area contributed by atoms with Gasteiger partial charge in [0.05, 0.1) is 10.6 Å². The lowest BCUT2D eigenvalue weighted by Crippen LogP contribution is -2.23. The van der Waals surface area contributed by atoms with Crippen molar-refractivity contribution in [2.75, 3.05) is 6.86 Å². The molecule has 0 saturated carbocycles. The van der Waals surface area contributed by atoms with Crippen LogP contribution >= 0.6 is 11.6 Å². The molecular weight excluding hydrogens is 509 g/mol. The van der Waals surface area contributed by atoms with Crippen LogP contribution in [0.5, 0.6) is 11.5 Å². The Morgan fingerprint density at radius 2 is 1.66 bits per heavy atom. The molecule has 1 amide bonds. The molecule has 4 aromatic rings. The van der Waals surface area contributed by atoms with E-state index in [1.807, 2.05) is 42.5 Å². The molecule has 1 aliphatic rings. The van der Waals surface area contributed by atoms with Crippen LogP contribution in [-0.4, -0.2) is 28.7 Å². The maximum atomic E-state index is 12.9. The SMILES string of the molecule is O=C(O)c1cc(-c2cccc(COc3ccc4c(c3)CN(Cc3ccc(OCF)cc3)C4=O)c2)ccc1Cl. The highest BCUT2D eigenvalue weighted by atomic mass is 35.5. The van der Waals surface area contributed by atoms with Crippen LogP contribution in [0.1, 0.15) is 37.4 Å². The standard InChI is InChI=1S/C30H23ClFNO5/c31-28-11-6-22(14-27(28)30(35)36)21-3-1-2-20(12-21)17-37-25-9-10-26-23(13-25)16-33(29(26)34)15-19-4-7-24(8-5-19)38-18-32/h1-14H,15-18H2,(H,35,36). The first-order valence-electron chi connectivity index (χ1n) is 11.9. The fourth-order valence-corrected chi connectivity index (χ4v) is 4.62. The molecular formula is C30H23ClFNO5. The zero-order valence-corrected chi connectivity index (χ0v) is 21.0. The molecule has 8 heteroatoms. The Morgan fingerprint density at radius 3 is 2.42 bits per heavy atom. The number of nitrogens with zero attached hydrogens (tertiary/aromatic N) is 1. The predicted molar refractivity (Wildman–Crippen MR) is 141 cm³/mol. The highest BCUT2D eigenvalue weighted by molar-refractivity contribution is 6.33. The van der Waals surface area contributed by atoms with Crippen molar-refractivity contribution in [2.45, 2.75) is 19.7 Å². The number of rotatable bonds is 9. The molecule has 6 nitrogen and oxygen atoms in total. The predicted octanol–water partition coefficient (Wildman–Crippen LogP) is 6.75. The highest BCUT2D eigenvalue weighted by Crippen LogP contribution is 2.30. The number of aromatic carboxylic acids is 1. The largest absolute Gasteiger partial charge is 0.489 e. The number of amides is 1. The summed E-state index contributed by atoms with van der Waals surface area (Å²) in [6.45, 7) is 0.314. The van der Waals surface area contributed by atoms with Gasteiger partial charge in [0.25, 0.3) is 5.91 Å². The highest BCUT2D eigenvalue weighted by Gasteiger charge is 2.27. The summed E-state index contributed by atoms with van der Waals surface area (Å²) in [6, 6.07) is 25.0. The van der Waals surface area contributed by atoms with Gasteiger partial charge in [0.1, 0.15) is 18.1 Å². The van der Waals surface area contributed by atoms with Crippen molar-refractivity contribution in [2.24, 2.45) is 0 Å². The van der Waals surface area contributed by atoms with Crippen LogP contribution in [-0.2, 0) is 19.7 Å². The molecule has 0 saturated heterocycles. The second-order valence-electron chi connectivity index (χ2n) is 8.87. The van der Waals surface area contributed by atoms with Crippen molar-refractivity contribution >= 4 is 23.5 Å². The minimum absolute atomic E-state index is 0.0490. The quantitative estimate of drug-likeness (QED) is 0.259. The number of carboxylic acid groups (broad SMARTS) is 1. The van der Waals surface area contributed by atoms with E-state index in [4.69, 9.17) is 21.1 Å². The lowest BCUT2D eigenvalue weighted by atomic mass is 10.0. The van der Waals surface area contributed by atoms with Crippen molar-refractivity contribution in [3.8, 4) is 22.6 Å². The molecule has 1 heterocycles. The number of halogens is 2. The van der Waals surface area contributed by atoms with Crippen LogP contribution < -0.4 is 9.47 Å². The Labute approximate surface area is 223 Å². The third-order valence-corrected chi connectivity index (χ3v) is 6.67. The molecule has 1 N–H and O–H groups in total. The number of carbonyl (C=O) groups is 2. The Balaban J connectivity index is 1.25. The van der Waals surface area contributed by atoms with E-state index >= 15 is 0 Å². The van der Waals surface area contributed by atoms with Gasteiger partial charge in [0.2, 0.25) is 6.86 Å². The minimum atomic E-state index is -1.08. The van der Waals surface area contributed by atoms with Gasteiger partial charge in [0.15, 0.2) is 0 Å². The first-order chi connectivity index (χ1) is 18.4. The molecule has 0 aromatic heterocycles. The molecule has 0 bridgehead atoms. The molecule has 0 atom stereocenters. The number of carboxylic acids is 1. The number of benzene rings is 4. The zero-order valence-electron chi connectivity index (χ0n) is 20.2. The van der Waals surface area contributed by atoms with Gasteiger partial charge >= 0.3 is 5.97 Å². The average Bonchev–Trinajstić information content (AvgIpc) is 3.23. The monoisotopic (exact) mass is 531 g/mol. The molecule has 0 aliphatic carbocycles. The molecule has 0 radical (unpaired) electrons. The Bertz CT molecular complexity index is 1510. The number of alkyl halides is 1. The maximum Gasteiger partial charge on any atom is 0.337 e. The van der Waals surface area contributed by atoms with E-state index in [0.29, 0.717) is 36.8 Å². The minimum Gasteiger partial charge on any atom is -0.489 e. The van der Waals surface area contributed by atoms with Crippen LogP contribution in [0.4, 0.5) is 4.39 Å². The number of hydrogen-bond donors (Lipinski definition) is 1. The molecule has 4 aromatic carbocycles. The second kappa shape index (κ2) is 10.9. The van der Waals surface area contributed by atoms with E-state index in [0.717, 1.165) is 27.8 Å². The summed E-state index contributed by atoms with van der Waals surface area (Å²) in [5, 5.41) is 9.55. The molecule has 1 aliphatic heterocycles. The second-order valence-corrected chi connectivity index (χ2v) is 9.27. The molecule has 192 valence electrons. The smallest absolute Gasteiger partial charge is 0.337 e. The summed E-state index contributed by atoms with van der Waals surface area (Å²) in [5.41, 5.74) is 5.02. The third-order valence-electron chi connectivity index (χ3n) is 6.34. The van der Waals surface area contributed by atoms with Crippen molar-refractivity contribution in [1.82, 2.24) is 4.90 Å². The van der Waals surface area contributed by atoms with Gasteiger partial charge in [-0.05, 0) is 76.3 Å². The number of hydrogen-bond acceptors (Lipinski definition) is 4. The van der Waals surface area contributed by atoms with Gasteiger partial charge < -0.3 is 19.5 Å². The van der Waals surface area contributed by atoms with Crippen LogP contribution in [0.25, 0.3) is 11.1 Å². The lowest BCUT2D eigenvalue weighted by Gasteiger charge is -2.15. The average molecular weight is 532 g/mol. The summed E-state index contributed by atoms with van der Waals surface area (Å²) in [4.78, 5) is 26.1. The van der Waals surface area contributed by atoms with E-state index in [-0.39, 0.29) is 16.5 Å². The lowest BCUT2D eigenvalue weighted by molar-refractivity contribution is 0.0696. The van der Waals surface area contributed by atoms with E-state index < -0.39 is 12.8 Å². The van der Waals surface area contributed by atoms with Crippen molar-refractivity contribution < 1.29 is 28.6 Å². The molecule has 5 rings (SSSR count). The summed E-state index contributed by atoms with van der Waals surface area (Å²) in [6.07, 6.45) is 0. The Hall–Kier alpha value is -4.36. The van der Waals surface area contributed by atoms with Crippen molar-refractivity contribution in [3.05, 3.63) is 118 Å². The van der Waals surface area contributed by atoms with E-state index in [9.17, 15) is 19.1 Å². The van der Waals surface area contributed by atoms with Crippen LogP contribution in [0.15, 0.2) is 84.9 Å². The topological polar surface area (TPSA) is 76.1 Å². The number of ether oxygens (including phenoxy) is 2. The fourth-order valence-electron chi connectivity index (χ4n) is 4.43. The van der Waals surface area contributed by atoms with Crippen molar-refractivity contribution in [1.29, 1.82) is 0 Å². The summed E-state index contributed by atoms with van der Waals surface area (Å²) < 4.78 is 23.2. The zero-order chi connectivity index (χ0) is 26.6. The normalized spacial score (nSPS) is 12.4. The van der Waals surface area contributed by atoms with Gasteiger partial charge in [-0.3, -0.25) is 4.79 Å². The summed E-state index contributed by atoms with van der Waals surface area (Å²) in [7, 11) is 0. The third kappa shape index (κ3) is 5.48. The molecule has 0 unspecified atom stereocenters. The summed E-state index contributed by atoms with van der Waals surface area (Å²) in [5.74, 6) is -0.0351. The first-order valence-corrected chi connectivity index (χ1v) is 12.2. The first kappa shape index (κ1) is 25.3. The molecule has 0 spiro atoms. The van der Waals surface area contributed by atoms with Crippen LogP contribution in [0, 0.1) is 0 Å². The number of carbonyl (C=O) groups excluding carboxylic acids is 1. The Kier molecular flexibility index (Phi) is 7.29. The molecule has 0 fully saturated rings. The maximum absolute atomic E-state index is 12.9. The van der Waals surface area contributed by atoms with Crippen LogP contribution in [0.3, 0.4) is 0 Å². The van der Waals surface area contributed by atoms with E-state index in [1.54, 1.807) is 47.4 Å². The Morgan fingerprint density at radius 1 is 0.895 bits per heavy atom. The van der Waals surface area contributed by atoms with Gasteiger partial charge in [-0.1, -0.05) is 48.0 Å². The van der Waals surface area contributed by atoms with Crippen molar-refractivity contribution in [3.63, 3.8) is 0 Å². The van der Waals surface area contributed by atoms with E-state index in [2.05, 4.69) is 0 Å². The van der Waals surface area contributed by atoms with E-state index in [1.165, 1.54) is 0 Å². The summed E-state index contributed by atoms with van der Waals surface area (Å²) >= 11 is 6.00. The molecule has 38 heavy (non-hydrogen) atoms. The van der Waals surface area contributed by atoms with Gasteiger partial charge in [0, 0.05) is 18.7 Å².